The summed E-state index contributed by atoms with van der Waals surface area (Å²) >= 11 is 0. The largest absolute Gasteiger partial charge is 4.00 e. The molecule has 0 spiro atoms. The molecule has 18 heavy (non-hydrogen) atoms. The molecule has 0 rings (SSSR count). The maximum absolute atomic E-state index is 9.53. The van der Waals surface area contributed by atoms with Crippen molar-refractivity contribution in [2.75, 3.05) is 0 Å². The van der Waals surface area contributed by atoms with E-state index in [-0.39, 0.29) is 43.4 Å². The Balaban J connectivity index is -0.0000000257. The maximum Gasteiger partial charge on any atom is 4.00 e. The molecule has 0 aromatic carbocycles. The fourth-order valence-corrected chi connectivity index (χ4v) is 0. The minimum atomic E-state index is -0.417. The molecule has 0 saturated carbocycles. The van der Waals surface area contributed by atoms with Gasteiger partial charge in [-0.25, -0.2) is 0 Å². The minimum Gasteiger partial charge on any atom is -0.852 e. The summed E-state index contributed by atoms with van der Waals surface area (Å²) in [5.74, 6) is 0. The Morgan fingerprint density at radius 3 is 0.444 bits per heavy atom. The number of hydrogen-bond donors (Lipinski definition) is 0. The van der Waals surface area contributed by atoms with Crippen LogP contribution < -0.4 is 20.4 Å². The second-order valence-electron chi connectivity index (χ2n) is 4.20. The van der Waals surface area contributed by atoms with Gasteiger partial charge in [0.1, 0.15) is 0 Å². The quantitative estimate of drug-likeness (QED) is 0.533. The summed E-state index contributed by atoms with van der Waals surface area (Å²) in [5, 5.41) is 38.1. The molecule has 0 aliphatic carbocycles. The van der Waals surface area contributed by atoms with Crippen LogP contribution >= 0.6 is 0 Å². The third-order valence-electron chi connectivity index (χ3n) is 0. The van der Waals surface area contributed by atoms with Crippen molar-refractivity contribution in [3.63, 3.8) is 0 Å². The topological polar surface area (TPSA) is 92.2 Å². The van der Waals surface area contributed by atoms with Crippen LogP contribution in [-0.4, -0.2) is 24.4 Å². The summed E-state index contributed by atoms with van der Waals surface area (Å²) < 4.78 is 0. The van der Waals surface area contributed by atoms with Crippen LogP contribution in [-0.2, 0) is 43.4 Å². The summed E-state index contributed by atoms with van der Waals surface area (Å²) in [4.78, 5) is 0. The van der Waals surface area contributed by atoms with Gasteiger partial charge in [-0.3, -0.25) is 0 Å². The van der Waals surface area contributed by atoms with E-state index >= 15 is 0 Å². The maximum atomic E-state index is 9.53. The van der Waals surface area contributed by atoms with Crippen molar-refractivity contribution in [2.45, 2.75) is 79.8 Å². The third kappa shape index (κ3) is 2840. The zero-order chi connectivity index (χ0) is 14.3. The van der Waals surface area contributed by atoms with Crippen LogP contribution in [0.1, 0.15) is 55.4 Å². The Morgan fingerprint density at radius 1 is 0.444 bits per heavy atom. The van der Waals surface area contributed by atoms with Crippen molar-refractivity contribution in [2.24, 2.45) is 0 Å². The van der Waals surface area contributed by atoms with E-state index in [0.29, 0.717) is 0 Å². The standard InChI is InChI=1S/4C3H7O.2Ti/c4*1-3(2)4;;/h4*3H,1-2H3;;/q4*-1;;+4. The number of rotatable bonds is 0. The van der Waals surface area contributed by atoms with Gasteiger partial charge < -0.3 is 20.4 Å². The summed E-state index contributed by atoms with van der Waals surface area (Å²) in [6.07, 6.45) is -1.67. The van der Waals surface area contributed by atoms with Crippen LogP contribution in [0.5, 0.6) is 0 Å². The van der Waals surface area contributed by atoms with E-state index in [1.165, 1.54) is 0 Å². The van der Waals surface area contributed by atoms with Crippen molar-refractivity contribution >= 4 is 0 Å². The van der Waals surface area contributed by atoms with Gasteiger partial charge in [-0.1, -0.05) is 55.4 Å². The summed E-state index contributed by atoms with van der Waals surface area (Å²) in [6, 6.07) is 0. The fraction of sp³-hybridized carbons (Fsp3) is 1.00. The average Bonchev–Trinajstić information content (AvgIpc) is 1.76. The van der Waals surface area contributed by atoms with Crippen LogP contribution in [0.25, 0.3) is 0 Å². The normalized spacial score (nSPS) is 8.00. The van der Waals surface area contributed by atoms with Crippen molar-refractivity contribution in [3.05, 3.63) is 0 Å². The molecule has 0 radical (unpaired) electrons. The van der Waals surface area contributed by atoms with Gasteiger partial charge in [0, 0.05) is 21.7 Å². The van der Waals surface area contributed by atoms with Crippen molar-refractivity contribution in [1.29, 1.82) is 0 Å². The first kappa shape index (κ1) is 36.5. The molecule has 0 N–H and O–H groups in total. The second-order valence-corrected chi connectivity index (χ2v) is 4.20. The van der Waals surface area contributed by atoms with Crippen LogP contribution in [0.15, 0.2) is 0 Å². The third-order valence-corrected chi connectivity index (χ3v) is 0. The van der Waals surface area contributed by atoms with E-state index in [9.17, 15) is 20.4 Å². The van der Waals surface area contributed by atoms with E-state index in [4.69, 9.17) is 0 Å². The van der Waals surface area contributed by atoms with Crippen LogP contribution in [0, 0.1) is 0 Å². The van der Waals surface area contributed by atoms with E-state index in [1.807, 2.05) is 0 Å². The molecule has 6 heteroatoms. The molecule has 0 heterocycles. The summed E-state index contributed by atoms with van der Waals surface area (Å²) in [5.41, 5.74) is 0. The monoisotopic (exact) mass is 332 g/mol. The Bertz CT molecular complexity index is 65.1. The summed E-state index contributed by atoms with van der Waals surface area (Å²) in [7, 11) is 0. The molecule has 0 aliphatic rings. The predicted octanol–water partition coefficient (Wildman–Crippen LogP) is -0.985. The van der Waals surface area contributed by atoms with Gasteiger partial charge in [-0.05, 0) is 0 Å². The van der Waals surface area contributed by atoms with E-state index in [0.717, 1.165) is 0 Å². The SMILES string of the molecule is CC(C)[O-].CC(C)[O-].CC(C)[O-].CC(C)[O-].[Ti+4].[Ti]. The smallest absolute Gasteiger partial charge is 0.852 e. The Morgan fingerprint density at radius 2 is 0.444 bits per heavy atom. The fourth-order valence-electron chi connectivity index (χ4n) is 0. The molecule has 0 aliphatic heterocycles. The molecule has 0 unspecified atom stereocenters. The Labute approximate surface area is 143 Å². The van der Waals surface area contributed by atoms with Gasteiger partial charge >= 0.3 is 21.7 Å². The van der Waals surface area contributed by atoms with E-state index in [2.05, 4.69) is 0 Å². The first-order valence-electron chi connectivity index (χ1n) is 5.56. The second kappa shape index (κ2) is 30.9. The molecular weight excluding hydrogens is 304 g/mol. The van der Waals surface area contributed by atoms with Gasteiger partial charge in [-0.2, -0.15) is 0 Å². The van der Waals surface area contributed by atoms with Crippen LogP contribution in [0.3, 0.4) is 0 Å². The number of hydrogen-bond acceptors (Lipinski definition) is 4. The van der Waals surface area contributed by atoms with Gasteiger partial charge in [0.05, 0.1) is 0 Å². The van der Waals surface area contributed by atoms with Gasteiger partial charge in [0.2, 0.25) is 0 Å². The molecule has 0 saturated heterocycles. The van der Waals surface area contributed by atoms with Crippen LogP contribution in [0.4, 0.5) is 0 Å². The van der Waals surface area contributed by atoms with Crippen LogP contribution in [0.2, 0.25) is 0 Å². The summed E-state index contributed by atoms with van der Waals surface area (Å²) in [6.45, 7) is 12.9. The molecule has 0 aromatic rings. The molecule has 0 aromatic heterocycles. The van der Waals surface area contributed by atoms with Gasteiger partial charge in [0.15, 0.2) is 0 Å². The van der Waals surface area contributed by atoms with Crippen molar-refractivity contribution in [1.82, 2.24) is 0 Å². The zero-order valence-electron chi connectivity index (χ0n) is 12.9. The molecule has 0 bridgehead atoms. The molecule has 0 atom stereocenters. The Hall–Kier alpha value is 1.27. The van der Waals surface area contributed by atoms with Gasteiger partial charge in [0.25, 0.3) is 0 Å². The predicted molar refractivity (Wildman–Crippen MR) is 60.5 cm³/mol. The molecular formula is C12H28O4Ti2. The van der Waals surface area contributed by atoms with Gasteiger partial charge in [-0.15, -0.1) is 24.4 Å². The zero-order valence-corrected chi connectivity index (χ0v) is 16.1. The van der Waals surface area contributed by atoms with E-state index in [1.54, 1.807) is 55.4 Å². The van der Waals surface area contributed by atoms with Crippen molar-refractivity contribution in [3.8, 4) is 0 Å². The first-order chi connectivity index (χ1) is 6.93. The van der Waals surface area contributed by atoms with Crippen molar-refractivity contribution < 1.29 is 63.9 Å². The Kier molecular flexibility index (Phi) is 62.8. The minimum absolute atomic E-state index is 0. The molecule has 0 amide bonds. The van der Waals surface area contributed by atoms with E-state index < -0.39 is 24.4 Å². The molecule has 4 nitrogen and oxygen atoms in total. The average molecular weight is 332 g/mol. The first-order valence-corrected chi connectivity index (χ1v) is 5.56. The molecule has 108 valence electrons. The molecule has 0 fully saturated rings.